The highest BCUT2D eigenvalue weighted by Gasteiger charge is 2.50. The molecule has 0 bridgehead atoms. The number of hydrogen-bond acceptors (Lipinski definition) is 5. The third-order valence-electron chi connectivity index (χ3n) is 6.89. The number of rotatable bonds is 9. The minimum absolute atomic E-state index is 0.104. The number of carbonyl (C=O) groups excluding carboxylic acids is 2. The Morgan fingerprint density at radius 2 is 1.76 bits per heavy atom. The molecule has 2 unspecified atom stereocenters. The lowest BCUT2D eigenvalue weighted by Gasteiger charge is -2.27. The average Bonchev–Trinajstić information content (AvgIpc) is 3.09. The fraction of sp³-hybridized carbons (Fsp3) is 0.286. The lowest BCUT2D eigenvalue weighted by atomic mass is 9.76. The zero-order chi connectivity index (χ0) is 26.9. The van der Waals surface area contributed by atoms with Crippen molar-refractivity contribution in [1.82, 2.24) is 0 Å². The fourth-order valence-electron chi connectivity index (χ4n) is 4.86. The van der Waals surface area contributed by atoms with Crippen molar-refractivity contribution >= 4 is 40.7 Å². The zero-order valence-electron chi connectivity index (χ0n) is 21.0. The van der Waals surface area contributed by atoms with Gasteiger partial charge in [0.1, 0.15) is 16.9 Å². The second-order valence-corrected chi connectivity index (χ2v) is 9.85. The Bertz CT molecular complexity index is 1360. The summed E-state index contributed by atoms with van der Waals surface area (Å²) in [6.07, 6.45) is 0. The SMILES string of the molecule is COCC(C(N)=O)c1ccc(Cl)c(C2(C)C(=O)N(Cc3ccc(OC)cc3OC)c3ccc(Cl)cc32)c1. The average molecular weight is 543 g/mol. The summed E-state index contributed by atoms with van der Waals surface area (Å²) in [4.78, 5) is 28.1. The number of nitrogens with zero attached hydrogens (tertiary/aromatic N) is 1. The molecule has 0 spiro atoms. The van der Waals surface area contributed by atoms with Gasteiger partial charge in [-0.3, -0.25) is 9.59 Å². The van der Waals surface area contributed by atoms with Gasteiger partial charge in [0.15, 0.2) is 0 Å². The van der Waals surface area contributed by atoms with Crippen LogP contribution in [0.15, 0.2) is 54.6 Å². The Morgan fingerprint density at radius 3 is 2.41 bits per heavy atom. The van der Waals surface area contributed by atoms with Crippen LogP contribution in [0.1, 0.15) is 35.1 Å². The van der Waals surface area contributed by atoms with Gasteiger partial charge in [-0.1, -0.05) is 35.3 Å². The molecule has 7 nitrogen and oxygen atoms in total. The van der Waals surface area contributed by atoms with Gasteiger partial charge >= 0.3 is 0 Å². The zero-order valence-corrected chi connectivity index (χ0v) is 22.5. The standard InChI is InChI=1S/C28H28Cl2N2O5/c1-28(21-11-16(6-9-23(21)30)20(15-35-2)26(31)33)22-12-18(29)7-10-24(22)32(27(28)34)14-17-5-8-19(36-3)13-25(17)37-4/h5-13,20H,14-15H2,1-4H3,(H2,31,33). The van der Waals surface area contributed by atoms with E-state index in [-0.39, 0.29) is 19.1 Å². The van der Waals surface area contributed by atoms with Gasteiger partial charge in [-0.15, -0.1) is 0 Å². The number of nitrogens with two attached hydrogens (primary N) is 1. The molecule has 2 atom stereocenters. The number of benzene rings is 3. The molecular weight excluding hydrogens is 515 g/mol. The van der Waals surface area contributed by atoms with E-state index in [4.69, 9.17) is 43.1 Å². The van der Waals surface area contributed by atoms with Gasteiger partial charge in [0, 0.05) is 34.5 Å². The van der Waals surface area contributed by atoms with E-state index in [1.54, 1.807) is 55.5 Å². The van der Waals surface area contributed by atoms with Crippen LogP contribution in [-0.2, 0) is 26.3 Å². The predicted octanol–water partition coefficient (Wildman–Crippen LogP) is 5.08. The van der Waals surface area contributed by atoms with E-state index < -0.39 is 17.2 Å². The minimum atomic E-state index is -1.18. The van der Waals surface area contributed by atoms with Gasteiger partial charge in [-0.25, -0.2) is 0 Å². The lowest BCUT2D eigenvalue weighted by Crippen LogP contribution is -2.39. The molecular formula is C28H28Cl2N2O5. The normalized spacial score (nSPS) is 17.5. The van der Waals surface area contributed by atoms with Crippen LogP contribution in [0.5, 0.6) is 11.5 Å². The summed E-state index contributed by atoms with van der Waals surface area (Å²) < 4.78 is 16.1. The summed E-state index contributed by atoms with van der Waals surface area (Å²) >= 11 is 13.1. The number of anilines is 1. The van der Waals surface area contributed by atoms with Crippen molar-refractivity contribution in [3.63, 3.8) is 0 Å². The Kier molecular flexibility index (Phi) is 7.69. The number of carbonyl (C=O) groups is 2. The molecule has 9 heteroatoms. The third-order valence-corrected chi connectivity index (χ3v) is 7.46. The Balaban J connectivity index is 1.85. The highest BCUT2D eigenvalue weighted by atomic mass is 35.5. The first-order chi connectivity index (χ1) is 17.6. The van der Waals surface area contributed by atoms with E-state index in [2.05, 4.69) is 0 Å². The van der Waals surface area contributed by atoms with Crippen LogP contribution in [0.4, 0.5) is 5.69 Å². The van der Waals surface area contributed by atoms with Crippen molar-refractivity contribution in [2.24, 2.45) is 5.73 Å². The molecule has 1 aliphatic heterocycles. The molecule has 1 heterocycles. The monoisotopic (exact) mass is 542 g/mol. The van der Waals surface area contributed by atoms with Crippen molar-refractivity contribution in [1.29, 1.82) is 0 Å². The fourth-order valence-corrected chi connectivity index (χ4v) is 5.34. The van der Waals surface area contributed by atoms with E-state index in [1.807, 2.05) is 25.1 Å². The molecule has 2 N–H and O–H groups in total. The molecule has 3 aromatic carbocycles. The van der Waals surface area contributed by atoms with Crippen molar-refractivity contribution < 1.29 is 23.8 Å². The van der Waals surface area contributed by atoms with Crippen LogP contribution < -0.4 is 20.1 Å². The van der Waals surface area contributed by atoms with Crippen LogP contribution in [0.2, 0.25) is 10.0 Å². The molecule has 3 aromatic rings. The molecule has 0 radical (unpaired) electrons. The molecule has 1 aliphatic rings. The smallest absolute Gasteiger partial charge is 0.242 e. The number of hydrogen-bond donors (Lipinski definition) is 1. The number of fused-ring (bicyclic) bond motifs is 1. The van der Waals surface area contributed by atoms with Crippen molar-refractivity contribution in [2.75, 3.05) is 32.8 Å². The molecule has 0 aliphatic carbocycles. The summed E-state index contributed by atoms with van der Waals surface area (Å²) in [5.74, 6) is -0.174. The first kappa shape index (κ1) is 26.8. The van der Waals surface area contributed by atoms with Gasteiger partial charge in [-0.05, 0) is 60.0 Å². The highest BCUT2D eigenvalue weighted by molar-refractivity contribution is 6.33. The van der Waals surface area contributed by atoms with Crippen molar-refractivity contribution in [2.45, 2.75) is 24.8 Å². The molecule has 2 amide bonds. The first-order valence-electron chi connectivity index (χ1n) is 11.6. The third kappa shape index (κ3) is 4.75. The number of methoxy groups -OCH3 is 3. The van der Waals surface area contributed by atoms with Crippen LogP contribution in [-0.4, -0.2) is 39.8 Å². The number of ether oxygens (including phenoxy) is 3. The topological polar surface area (TPSA) is 91.1 Å². The predicted molar refractivity (Wildman–Crippen MR) is 144 cm³/mol. The van der Waals surface area contributed by atoms with E-state index in [9.17, 15) is 9.59 Å². The maximum absolute atomic E-state index is 14.3. The van der Waals surface area contributed by atoms with Crippen LogP contribution in [0.25, 0.3) is 0 Å². The molecule has 0 saturated heterocycles. The summed E-state index contributed by atoms with van der Waals surface area (Å²) in [7, 11) is 4.65. The van der Waals surface area contributed by atoms with Crippen molar-refractivity contribution in [3.8, 4) is 11.5 Å². The molecule has 37 heavy (non-hydrogen) atoms. The lowest BCUT2D eigenvalue weighted by molar-refractivity contribution is -0.121. The maximum Gasteiger partial charge on any atom is 0.242 e. The first-order valence-corrected chi connectivity index (χ1v) is 12.3. The summed E-state index contributed by atoms with van der Waals surface area (Å²) in [6, 6.07) is 16.0. The van der Waals surface area contributed by atoms with E-state index in [1.165, 1.54) is 7.11 Å². The highest BCUT2D eigenvalue weighted by Crippen LogP contribution is 2.50. The van der Waals surface area contributed by atoms with Crippen LogP contribution in [0.3, 0.4) is 0 Å². The molecule has 0 saturated carbocycles. The van der Waals surface area contributed by atoms with Gasteiger partial charge in [0.05, 0.1) is 33.3 Å². The summed E-state index contributed by atoms with van der Waals surface area (Å²) in [5.41, 5.74) is 7.84. The Morgan fingerprint density at radius 1 is 1.00 bits per heavy atom. The van der Waals surface area contributed by atoms with Crippen LogP contribution in [0, 0.1) is 0 Å². The molecule has 0 fully saturated rings. The largest absolute Gasteiger partial charge is 0.497 e. The second-order valence-electron chi connectivity index (χ2n) is 9.01. The maximum atomic E-state index is 14.3. The molecule has 4 rings (SSSR count). The molecule has 0 aromatic heterocycles. The van der Waals surface area contributed by atoms with E-state index in [0.29, 0.717) is 43.9 Å². The van der Waals surface area contributed by atoms with Gasteiger partial charge in [0.25, 0.3) is 0 Å². The Labute approximate surface area is 226 Å². The quantitative estimate of drug-likeness (QED) is 0.407. The van der Waals surface area contributed by atoms with Gasteiger partial charge in [0.2, 0.25) is 11.8 Å². The minimum Gasteiger partial charge on any atom is -0.497 e. The number of primary amides is 1. The number of halogens is 2. The Hall–Kier alpha value is -3.26. The van der Waals surface area contributed by atoms with Gasteiger partial charge < -0.3 is 24.8 Å². The van der Waals surface area contributed by atoms with Crippen LogP contribution >= 0.6 is 23.2 Å². The second kappa shape index (κ2) is 10.6. The van der Waals surface area contributed by atoms with E-state index in [0.717, 1.165) is 5.56 Å². The summed E-state index contributed by atoms with van der Waals surface area (Å²) in [5, 5.41) is 0.873. The molecule has 194 valence electrons. The summed E-state index contributed by atoms with van der Waals surface area (Å²) in [6.45, 7) is 2.17. The van der Waals surface area contributed by atoms with Gasteiger partial charge in [-0.2, -0.15) is 0 Å². The number of amides is 2. The van der Waals surface area contributed by atoms with Crippen molar-refractivity contribution in [3.05, 3.63) is 86.9 Å². The van der Waals surface area contributed by atoms with E-state index >= 15 is 0 Å².